The van der Waals surface area contributed by atoms with E-state index in [1.165, 1.54) is 4.68 Å². The second kappa shape index (κ2) is 7.79. The van der Waals surface area contributed by atoms with E-state index in [1.807, 2.05) is 6.92 Å². The van der Waals surface area contributed by atoms with E-state index in [0.29, 0.717) is 24.2 Å². The average molecular weight is 372 g/mol. The van der Waals surface area contributed by atoms with Crippen molar-refractivity contribution in [1.29, 1.82) is 0 Å². The first kappa shape index (κ1) is 18.9. The summed E-state index contributed by atoms with van der Waals surface area (Å²) in [5, 5.41) is 15.1. The second-order valence-electron chi connectivity index (χ2n) is 6.95. The van der Waals surface area contributed by atoms with Crippen LogP contribution in [-0.2, 0) is 11.2 Å². The minimum absolute atomic E-state index is 0.135. The number of hydrogen-bond donors (Lipinski definition) is 3. The lowest BCUT2D eigenvalue weighted by Gasteiger charge is -2.13. The van der Waals surface area contributed by atoms with Crippen LogP contribution in [0.25, 0.3) is 5.69 Å². The summed E-state index contributed by atoms with van der Waals surface area (Å²) in [4.78, 5) is 37.4. The van der Waals surface area contributed by atoms with Crippen LogP contribution in [0.5, 0.6) is 0 Å². The van der Waals surface area contributed by atoms with Crippen molar-refractivity contribution in [2.45, 2.75) is 38.3 Å². The van der Waals surface area contributed by atoms with Gasteiger partial charge in [0.2, 0.25) is 0 Å². The molecule has 8 heteroatoms. The second-order valence-corrected chi connectivity index (χ2v) is 6.95. The zero-order valence-electron chi connectivity index (χ0n) is 15.4. The summed E-state index contributed by atoms with van der Waals surface area (Å²) in [6, 6.07) is 7.54. The van der Waals surface area contributed by atoms with Crippen molar-refractivity contribution in [1.82, 2.24) is 20.0 Å². The largest absolute Gasteiger partial charge is 0.480 e. The number of amides is 1. The molecule has 3 N–H and O–H groups in total. The SMILES string of the molecule is CCCc1cc(=O)n(-c2ccc(C(=O)N[C@H]3C[C@@H](C(=O)O)N(C)C3)cc2)[nH]1. The van der Waals surface area contributed by atoms with Gasteiger partial charge in [0, 0.05) is 29.9 Å². The van der Waals surface area contributed by atoms with E-state index in [2.05, 4.69) is 10.4 Å². The van der Waals surface area contributed by atoms with Gasteiger partial charge < -0.3 is 10.4 Å². The third kappa shape index (κ3) is 4.11. The summed E-state index contributed by atoms with van der Waals surface area (Å²) in [6.07, 6.45) is 2.13. The van der Waals surface area contributed by atoms with Gasteiger partial charge in [-0.05, 0) is 44.2 Å². The van der Waals surface area contributed by atoms with E-state index in [1.54, 1.807) is 42.3 Å². The summed E-state index contributed by atoms with van der Waals surface area (Å²) in [5.74, 6) is -1.13. The number of carboxylic acids is 1. The molecule has 144 valence electrons. The Hall–Kier alpha value is -2.87. The van der Waals surface area contributed by atoms with Crippen LogP contribution >= 0.6 is 0 Å². The number of nitrogens with one attached hydrogen (secondary N) is 2. The van der Waals surface area contributed by atoms with Gasteiger partial charge in [0.1, 0.15) is 6.04 Å². The number of H-pyrrole nitrogens is 1. The number of rotatable bonds is 6. The van der Waals surface area contributed by atoms with Gasteiger partial charge >= 0.3 is 5.97 Å². The van der Waals surface area contributed by atoms with Crippen molar-refractivity contribution in [2.75, 3.05) is 13.6 Å². The fourth-order valence-electron chi connectivity index (χ4n) is 3.46. The number of aliphatic carboxylic acids is 1. The summed E-state index contributed by atoms with van der Waals surface area (Å²) in [7, 11) is 1.74. The van der Waals surface area contributed by atoms with Crippen LogP contribution in [0.2, 0.25) is 0 Å². The molecule has 0 spiro atoms. The molecule has 1 saturated heterocycles. The highest BCUT2D eigenvalue weighted by atomic mass is 16.4. The molecule has 1 aromatic carbocycles. The predicted molar refractivity (Wildman–Crippen MR) is 100 cm³/mol. The van der Waals surface area contributed by atoms with Gasteiger partial charge in [0.05, 0.1) is 5.69 Å². The molecule has 0 radical (unpaired) electrons. The maximum atomic E-state index is 12.4. The Balaban J connectivity index is 1.68. The third-order valence-electron chi connectivity index (χ3n) is 4.85. The van der Waals surface area contributed by atoms with Gasteiger partial charge in [-0.2, -0.15) is 0 Å². The standard InChI is InChI=1S/C19H24N4O4/c1-3-4-13-10-17(24)23(21-13)15-7-5-12(6-8-15)18(25)20-14-9-16(19(26)27)22(2)11-14/h5-8,10,14,16,21H,3-4,9,11H2,1-2H3,(H,20,25)(H,26,27)/t14-,16-/m0/s1. The number of carbonyl (C=O) groups excluding carboxylic acids is 1. The Morgan fingerprint density at radius 1 is 1.30 bits per heavy atom. The van der Waals surface area contributed by atoms with Gasteiger partial charge in [0.25, 0.3) is 11.5 Å². The topological polar surface area (TPSA) is 107 Å². The highest BCUT2D eigenvalue weighted by molar-refractivity contribution is 5.94. The molecule has 8 nitrogen and oxygen atoms in total. The molecule has 1 amide bonds. The minimum Gasteiger partial charge on any atom is -0.480 e. The molecule has 2 heterocycles. The van der Waals surface area contributed by atoms with Gasteiger partial charge in [-0.15, -0.1) is 0 Å². The average Bonchev–Trinajstić information content (AvgIpc) is 3.17. The van der Waals surface area contributed by atoms with E-state index in [0.717, 1.165) is 18.5 Å². The van der Waals surface area contributed by atoms with Crippen LogP contribution in [-0.4, -0.2) is 57.3 Å². The number of hydrogen-bond acceptors (Lipinski definition) is 4. The van der Waals surface area contributed by atoms with Gasteiger partial charge in [-0.1, -0.05) is 13.3 Å². The summed E-state index contributed by atoms with van der Waals surface area (Å²) >= 11 is 0. The maximum Gasteiger partial charge on any atom is 0.320 e. The van der Waals surface area contributed by atoms with Gasteiger partial charge in [-0.3, -0.25) is 24.4 Å². The number of likely N-dealkylation sites (N-methyl/N-ethyl adjacent to an activating group) is 1. The summed E-state index contributed by atoms with van der Waals surface area (Å²) < 4.78 is 1.45. The Morgan fingerprint density at radius 2 is 2.00 bits per heavy atom. The zero-order chi connectivity index (χ0) is 19.6. The van der Waals surface area contributed by atoms with E-state index < -0.39 is 12.0 Å². The number of carboxylic acid groups (broad SMARTS) is 1. The molecular formula is C19H24N4O4. The van der Waals surface area contributed by atoms with E-state index >= 15 is 0 Å². The normalized spacial score (nSPS) is 19.9. The lowest BCUT2D eigenvalue weighted by atomic mass is 10.1. The summed E-state index contributed by atoms with van der Waals surface area (Å²) in [5.41, 5.74) is 1.87. The first-order valence-corrected chi connectivity index (χ1v) is 9.04. The molecule has 0 unspecified atom stereocenters. The number of aryl methyl sites for hydroxylation is 1. The van der Waals surface area contributed by atoms with Crippen molar-refractivity contribution < 1.29 is 14.7 Å². The lowest BCUT2D eigenvalue weighted by molar-refractivity contribution is -0.141. The molecule has 2 atom stereocenters. The molecule has 0 aliphatic carbocycles. The monoisotopic (exact) mass is 372 g/mol. The van der Waals surface area contributed by atoms with Gasteiger partial charge in [0.15, 0.2) is 0 Å². The highest BCUT2D eigenvalue weighted by Gasteiger charge is 2.35. The quantitative estimate of drug-likeness (QED) is 0.701. The zero-order valence-corrected chi connectivity index (χ0v) is 15.4. The minimum atomic E-state index is -0.877. The highest BCUT2D eigenvalue weighted by Crippen LogP contribution is 2.17. The molecule has 27 heavy (non-hydrogen) atoms. The molecule has 0 bridgehead atoms. The molecule has 1 aliphatic heterocycles. The van der Waals surface area contributed by atoms with Crippen LogP contribution in [0.1, 0.15) is 35.8 Å². The first-order valence-electron chi connectivity index (χ1n) is 9.04. The van der Waals surface area contributed by atoms with Crippen molar-refractivity contribution in [3.05, 3.63) is 51.9 Å². The molecule has 1 aromatic heterocycles. The lowest BCUT2D eigenvalue weighted by Crippen LogP contribution is -2.36. The Kier molecular flexibility index (Phi) is 5.46. The number of likely N-dealkylation sites (tertiary alicyclic amines) is 1. The first-order chi connectivity index (χ1) is 12.9. The Bertz CT molecular complexity index is 884. The number of nitrogens with zero attached hydrogens (tertiary/aromatic N) is 2. The Labute approximate surface area is 156 Å². The fraction of sp³-hybridized carbons (Fsp3) is 0.421. The number of aromatic nitrogens is 2. The van der Waals surface area contributed by atoms with Crippen molar-refractivity contribution >= 4 is 11.9 Å². The van der Waals surface area contributed by atoms with Crippen molar-refractivity contribution in [2.24, 2.45) is 0 Å². The molecule has 3 rings (SSSR count). The van der Waals surface area contributed by atoms with E-state index in [4.69, 9.17) is 5.11 Å². The predicted octanol–water partition coefficient (Wildman–Crippen LogP) is 1.01. The van der Waals surface area contributed by atoms with Crippen LogP contribution in [0.3, 0.4) is 0 Å². The van der Waals surface area contributed by atoms with Crippen LogP contribution in [0, 0.1) is 0 Å². The summed E-state index contributed by atoms with van der Waals surface area (Å²) in [6.45, 7) is 2.54. The van der Waals surface area contributed by atoms with E-state index in [9.17, 15) is 14.4 Å². The van der Waals surface area contributed by atoms with Gasteiger partial charge in [-0.25, -0.2) is 4.68 Å². The number of benzene rings is 1. The maximum absolute atomic E-state index is 12.4. The van der Waals surface area contributed by atoms with Crippen molar-refractivity contribution in [3.63, 3.8) is 0 Å². The molecule has 1 fully saturated rings. The van der Waals surface area contributed by atoms with Crippen LogP contribution in [0.15, 0.2) is 35.1 Å². The van der Waals surface area contributed by atoms with E-state index in [-0.39, 0.29) is 17.5 Å². The molecular weight excluding hydrogens is 348 g/mol. The third-order valence-corrected chi connectivity index (χ3v) is 4.85. The number of carbonyl (C=O) groups is 2. The van der Waals surface area contributed by atoms with Crippen LogP contribution in [0.4, 0.5) is 0 Å². The fourth-order valence-corrected chi connectivity index (χ4v) is 3.46. The number of aromatic amines is 1. The molecule has 0 saturated carbocycles. The Morgan fingerprint density at radius 3 is 2.59 bits per heavy atom. The van der Waals surface area contributed by atoms with Crippen LogP contribution < -0.4 is 10.9 Å². The molecule has 1 aliphatic rings. The molecule has 2 aromatic rings. The smallest absolute Gasteiger partial charge is 0.320 e. The van der Waals surface area contributed by atoms with Crippen molar-refractivity contribution in [3.8, 4) is 5.69 Å².